The summed E-state index contributed by atoms with van der Waals surface area (Å²) in [5.41, 5.74) is 0.943. The molecule has 2 heterocycles. The van der Waals surface area contributed by atoms with Gasteiger partial charge < -0.3 is 5.32 Å². The Morgan fingerprint density at radius 2 is 1.95 bits per heavy atom. The molecule has 5 nitrogen and oxygen atoms in total. The smallest absolute Gasteiger partial charge is 0.325 e. The molecule has 0 saturated heterocycles. The lowest BCUT2D eigenvalue weighted by molar-refractivity contribution is -0.137. The number of carbonyl (C=O) groups excluding carboxylic acids is 1. The van der Waals surface area contributed by atoms with Gasteiger partial charge in [0.25, 0.3) is 5.56 Å². The van der Waals surface area contributed by atoms with E-state index in [2.05, 4.69) is 28.2 Å². The fourth-order valence-corrected chi connectivity index (χ4v) is 6.44. The van der Waals surface area contributed by atoms with Gasteiger partial charge in [0.2, 0.25) is 5.91 Å². The van der Waals surface area contributed by atoms with E-state index in [0.29, 0.717) is 21.1 Å². The molecule has 0 unspecified atom stereocenters. The number of nitrogens with zero attached hydrogens (tertiary/aromatic N) is 2. The average Bonchev–Trinajstić information content (AvgIpc) is 3.13. The second-order valence-corrected chi connectivity index (χ2v) is 11.4. The van der Waals surface area contributed by atoms with Crippen molar-refractivity contribution in [3.8, 4) is 5.69 Å². The van der Waals surface area contributed by atoms with E-state index in [4.69, 9.17) is 4.98 Å². The largest absolute Gasteiger partial charge is 0.418 e. The second kappa shape index (κ2) is 11.0. The van der Waals surface area contributed by atoms with Crippen molar-refractivity contribution in [2.45, 2.75) is 44.9 Å². The third kappa shape index (κ3) is 5.94. The van der Waals surface area contributed by atoms with Gasteiger partial charge in [-0.1, -0.05) is 53.2 Å². The van der Waals surface area contributed by atoms with Crippen LogP contribution in [0.15, 0.2) is 56.9 Å². The third-order valence-electron chi connectivity index (χ3n) is 5.66. The van der Waals surface area contributed by atoms with Gasteiger partial charge in [0.1, 0.15) is 4.83 Å². The SMILES string of the molecule is CCCc1sc2nc(SCC(=O)Nc3ccc(Br)cc3C(F)(F)F)n(-c3cccc(C)c3)c(=O)c2c1C. The first kappa shape index (κ1) is 27.4. The molecule has 1 amide bonds. The van der Waals surface area contributed by atoms with Gasteiger partial charge in [-0.05, 0) is 61.7 Å². The first-order chi connectivity index (χ1) is 17.5. The lowest BCUT2D eigenvalue weighted by Crippen LogP contribution is -2.23. The molecule has 4 rings (SSSR count). The molecule has 0 aliphatic heterocycles. The van der Waals surface area contributed by atoms with Gasteiger partial charge in [0.05, 0.1) is 28.1 Å². The molecule has 0 aliphatic rings. The topological polar surface area (TPSA) is 64.0 Å². The molecule has 1 N–H and O–H groups in total. The van der Waals surface area contributed by atoms with E-state index < -0.39 is 17.6 Å². The van der Waals surface area contributed by atoms with Crippen LogP contribution in [-0.2, 0) is 17.4 Å². The highest BCUT2D eigenvalue weighted by molar-refractivity contribution is 9.10. The fourth-order valence-electron chi connectivity index (χ4n) is 3.94. The highest BCUT2D eigenvalue weighted by Gasteiger charge is 2.34. The van der Waals surface area contributed by atoms with E-state index in [-0.39, 0.29) is 21.5 Å². The Morgan fingerprint density at radius 3 is 2.62 bits per heavy atom. The van der Waals surface area contributed by atoms with Crippen molar-refractivity contribution < 1.29 is 18.0 Å². The van der Waals surface area contributed by atoms with E-state index in [1.165, 1.54) is 28.0 Å². The van der Waals surface area contributed by atoms with E-state index in [9.17, 15) is 22.8 Å². The maximum Gasteiger partial charge on any atom is 0.418 e. The van der Waals surface area contributed by atoms with Gasteiger partial charge in [-0.25, -0.2) is 4.98 Å². The van der Waals surface area contributed by atoms with Gasteiger partial charge >= 0.3 is 6.18 Å². The molecule has 0 radical (unpaired) electrons. The molecular formula is C26H23BrF3N3O2S2. The zero-order chi connectivity index (χ0) is 26.9. The molecule has 194 valence electrons. The zero-order valence-electron chi connectivity index (χ0n) is 20.2. The van der Waals surface area contributed by atoms with Gasteiger partial charge in [-0.2, -0.15) is 13.2 Å². The summed E-state index contributed by atoms with van der Waals surface area (Å²) >= 11 is 5.50. The number of anilines is 1. The molecule has 2 aromatic carbocycles. The highest BCUT2D eigenvalue weighted by Crippen LogP contribution is 2.37. The minimum absolute atomic E-state index is 0.233. The number of halogens is 4. The van der Waals surface area contributed by atoms with Crippen LogP contribution in [0, 0.1) is 13.8 Å². The molecule has 0 fully saturated rings. The standard InChI is InChI=1S/C26H23BrF3N3O2S2/c1-4-6-20-15(3)22-23(37-20)32-25(33(24(22)35)17-8-5-7-14(2)11-17)36-13-21(34)31-19-10-9-16(27)12-18(19)26(28,29)30/h5,7-12H,4,6,13H2,1-3H3,(H,31,34). The highest BCUT2D eigenvalue weighted by atomic mass is 79.9. The van der Waals surface area contributed by atoms with Crippen LogP contribution in [0.4, 0.5) is 18.9 Å². The number of thioether (sulfide) groups is 1. The van der Waals surface area contributed by atoms with Crippen LogP contribution in [0.3, 0.4) is 0 Å². The lowest BCUT2D eigenvalue weighted by atomic mass is 10.1. The van der Waals surface area contributed by atoms with Gasteiger partial charge in [-0.15, -0.1) is 11.3 Å². The van der Waals surface area contributed by atoms with Crippen LogP contribution in [0.2, 0.25) is 0 Å². The number of amides is 1. The fraction of sp³-hybridized carbons (Fsp3) is 0.269. The molecule has 0 saturated carbocycles. The lowest BCUT2D eigenvalue weighted by Gasteiger charge is -2.15. The normalized spacial score (nSPS) is 11.8. The van der Waals surface area contributed by atoms with Crippen molar-refractivity contribution in [2.24, 2.45) is 0 Å². The molecule has 0 spiro atoms. The van der Waals surface area contributed by atoms with Crippen molar-refractivity contribution in [1.29, 1.82) is 0 Å². The van der Waals surface area contributed by atoms with Gasteiger partial charge in [0.15, 0.2) is 5.16 Å². The van der Waals surface area contributed by atoms with Crippen molar-refractivity contribution in [3.05, 3.63) is 78.9 Å². The Morgan fingerprint density at radius 1 is 1.19 bits per heavy atom. The van der Waals surface area contributed by atoms with Crippen molar-refractivity contribution in [2.75, 3.05) is 11.1 Å². The summed E-state index contributed by atoms with van der Waals surface area (Å²) in [4.78, 5) is 32.8. The van der Waals surface area contributed by atoms with Crippen LogP contribution in [-0.4, -0.2) is 21.2 Å². The summed E-state index contributed by atoms with van der Waals surface area (Å²) in [7, 11) is 0. The van der Waals surface area contributed by atoms with Crippen LogP contribution in [0.25, 0.3) is 15.9 Å². The van der Waals surface area contributed by atoms with E-state index >= 15 is 0 Å². The predicted octanol–water partition coefficient (Wildman–Crippen LogP) is 7.53. The maximum absolute atomic E-state index is 13.7. The third-order valence-corrected chi connectivity index (χ3v) is 8.34. The number of hydrogen-bond donors (Lipinski definition) is 1. The molecule has 0 bridgehead atoms. The first-order valence-electron chi connectivity index (χ1n) is 11.4. The number of aryl methyl sites for hydroxylation is 3. The van der Waals surface area contributed by atoms with E-state index in [0.717, 1.165) is 46.7 Å². The number of aromatic nitrogens is 2. The minimum atomic E-state index is -4.63. The quantitative estimate of drug-likeness (QED) is 0.174. The average molecular weight is 611 g/mol. The summed E-state index contributed by atoms with van der Waals surface area (Å²) in [6.45, 7) is 5.90. The van der Waals surface area contributed by atoms with Crippen molar-refractivity contribution in [1.82, 2.24) is 9.55 Å². The predicted molar refractivity (Wildman–Crippen MR) is 147 cm³/mol. The van der Waals surface area contributed by atoms with E-state index in [1.54, 1.807) is 6.07 Å². The van der Waals surface area contributed by atoms with Crippen LogP contribution in [0.1, 0.15) is 34.9 Å². The zero-order valence-corrected chi connectivity index (χ0v) is 23.4. The molecule has 0 atom stereocenters. The number of alkyl halides is 3. The Hall–Kier alpha value is -2.63. The Kier molecular flexibility index (Phi) is 8.15. The maximum atomic E-state index is 13.7. The van der Waals surface area contributed by atoms with Crippen LogP contribution < -0.4 is 10.9 Å². The summed E-state index contributed by atoms with van der Waals surface area (Å²) in [6, 6.07) is 10.9. The van der Waals surface area contributed by atoms with Crippen LogP contribution in [0.5, 0.6) is 0 Å². The number of benzene rings is 2. The molecule has 4 aromatic rings. The van der Waals surface area contributed by atoms with E-state index in [1.807, 2.05) is 32.0 Å². The van der Waals surface area contributed by atoms with Gasteiger partial charge in [0, 0.05) is 9.35 Å². The van der Waals surface area contributed by atoms with Crippen LogP contribution >= 0.6 is 39.0 Å². The number of nitrogens with one attached hydrogen (secondary N) is 1. The molecule has 37 heavy (non-hydrogen) atoms. The number of hydrogen-bond acceptors (Lipinski definition) is 5. The molecule has 0 aliphatic carbocycles. The minimum Gasteiger partial charge on any atom is -0.325 e. The first-order valence-corrected chi connectivity index (χ1v) is 14.0. The van der Waals surface area contributed by atoms with Crippen molar-refractivity contribution >= 4 is 60.8 Å². The molecular weight excluding hydrogens is 587 g/mol. The Bertz CT molecular complexity index is 1550. The summed E-state index contributed by atoms with van der Waals surface area (Å²) < 4.78 is 42.1. The molecule has 2 aromatic heterocycles. The number of rotatable bonds is 7. The number of fused-ring (bicyclic) bond motifs is 1. The summed E-state index contributed by atoms with van der Waals surface area (Å²) in [5, 5.41) is 3.20. The van der Waals surface area contributed by atoms with Crippen molar-refractivity contribution in [3.63, 3.8) is 0 Å². The number of carbonyl (C=O) groups is 1. The number of thiophene rings is 1. The second-order valence-electron chi connectivity index (χ2n) is 8.48. The summed E-state index contributed by atoms with van der Waals surface area (Å²) in [6.07, 6.45) is -2.88. The molecule has 11 heteroatoms. The monoisotopic (exact) mass is 609 g/mol. The van der Waals surface area contributed by atoms with Gasteiger partial charge in [-0.3, -0.25) is 14.2 Å². The Balaban J connectivity index is 1.71. The summed E-state index contributed by atoms with van der Waals surface area (Å²) in [5.74, 6) is -0.875. The Labute approximate surface area is 228 Å².